The van der Waals surface area contributed by atoms with Gasteiger partial charge < -0.3 is 9.64 Å². The van der Waals surface area contributed by atoms with E-state index in [4.69, 9.17) is 4.74 Å². The molecule has 0 aliphatic carbocycles. The van der Waals surface area contributed by atoms with Gasteiger partial charge in [0, 0.05) is 18.8 Å². The molecule has 1 aliphatic heterocycles. The number of halogens is 4. The maximum atomic E-state index is 13.4. The van der Waals surface area contributed by atoms with E-state index in [1.54, 1.807) is 11.8 Å². The van der Waals surface area contributed by atoms with Crippen LogP contribution in [0.4, 0.5) is 23.2 Å². The van der Waals surface area contributed by atoms with Gasteiger partial charge in [-0.1, -0.05) is 0 Å². The maximum absolute atomic E-state index is 13.4. The molecule has 0 amide bonds. The molecule has 20 heavy (non-hydrogen) atoms. The van der Waals surface area contributed by atoms with Crippen molar-refractivity contribution in [2.75, 3.05) is 24.6 Å². The fourth-order valence-corrected chi connectivity index (χ4v) is 2.02. The Labute approximate surface area is 113 Å². The van der Waals surface area contributed by atoms with Crippen LogP contribution in [0.25, 0.3) is 0 Å². The largest absolute Gasteiger partial charge is 0.481 e. The minimum Gasteiger partial charge on any atom is -0.481 e. The van der Waals surface area contributed by atoms with Crippen molar-refractivity contribution >= 4 is 12.1 Å². The van der Waals surface area contributed by atoms with Crippen molar-refractivity contribution in [3.8, 4) is 0 Å². The Kier molecular flexibility index (Phi) is 4.15. The number of aliphatic imine (C=N–C) groups is 1. The number of rotatable bonds is 4. The molecule has 1 atom stereocenters. The Morgan fingerprint density at radius 3 is 2.65 bits per heavy atom. The standard InChI is InChI=1S/C13H14F4N2O/c1-2-19(6-11-7-20-8-18-11)12-4-9(13(15,16)17)3-10(14)5-12/h3-5,8,11H,2,6-7H2,1H3/t11-/m1/s1. The lowest BCUT2D eigenvalue weighted by Gasteiger charge is -2.25. The van der Waals surface area contributed by atoms with E-state index in [-0.39, 0.29) is 11.7 Å². The van der Waals surface area contributed by atoms with Crippen LogP contribution >= 0.6 is 0 Å². The average molecular weight is 290 g/mol. The predicted molar refractivity (Wildman–Crippen MR) is 67.5 cm³/mol. The molecule has 110 valence electrons. The summed E-state index contributed by atoms with van der Waals surface area (Å²) in [7, 11) is 0. The van der Waals surface area contributed by atoms with Crippen molar-refractivity contribution in [3.05, 3.63) is 29.6 Å². The number of likely N-dealkylation sites (N-methyl/N-ethyl adjacent to an activating group) is 1. The molecule has 7 heteroatoms. The summed E-state index contributed by atoms with van der Waals surface area (Å²) in [4.78, 5) is 5.69. The van der Waals surface area contributed by atoms with E-state index in [2.05, 4.69) is 4.99 Å². The Hall–Kier alpha value is -1.79. The van der Waals surface area contributed by atoms with Gasteiger partial charge in [-0.05, 0) is 25.1 Å². The molecule has 0 bridgehead atoms. The van der Waals surface area contributed by atoms with Crippen molar-refractivity contribution in [1.29, 1.82) is 0 Å². The lowest BCUT2D eigenvalue weighted by molar-refractivity contribution is -0.137. The molecule has 0 saturated heterocycles. The topological polar surface area (TPSA) is 24.8 Å². The molecule has 1 aliphatic rings. The van der Waals surface area contributed by atoms with Crippen LogP contribution in [0.3, 0.4) is 0 Å². The van der Waals surface area contributed by atoms with Gasteiger partial charge in [0.1, 0.15) is 18.5 Å². The molecule has 0 N–H and O–H groups in total. The maximum Gasteiger partial charge on any atom is 0.416 e. The summed E-state index contributed by atoms with van der Waals surface area (Å²) in [6, 6.07) is 2.39. The third kappa shape index (κ3) is 3.40. The Balaban J connectivity index is 2.24. The van der Waals surface area contributed by atoms with Gasteiger partial charge in [-0.2, -0.15) is 13.2 Å². The Bertz CT molecular complexity index is 502. The fraction of sp³-hybridized carbons (Fsp3) is 0.462. The van der Waals surface area contributed by atoms with E-state index in [9.17, 15) is 17.6 Å². The first kappa shape index (κ1) is 14.6. The molecule has 0 aromatic heterocycles. The fourth-order valence-electron chi connectivity index (χ4n) is 2.02. The van der Waals surface area contributed by atoms with E-state index in [0.717, 1.165) is 12.1 Å². The van der Waals surface area contributed by atoms with Crippen molar-refractivity contribution in [2.24, 2.45) is 4.99 Å². The molecular formula is C13H14F4N2O. The van der Waals surface area contributed by atoms with Crippen molar-refractivity contribution in [1.82, 2.24) is 0 Å². The second-order valence-corrected chi connectivity index (χ2v) is 4.48. The molecule has 1 aromatic carbocycles. The summed E-state index contributed by atoms with van der Waals surface area (Å²) in [5.41, 5.74) is -0.793. The molecule has 1 aromatic rings. The summed E-state index contributed by atoms with van der Waals surface area (Å²) >= 11 is 0. The normalized spacial score (nSPS) is 18.1. The highest BCUT2D eigenvalue weighted by molar-refractivity contribution is 5.52. The van der Waals surface area contributed by atoms with Crippen molar-refractivity contribution < 1.29 is 22.3 Å². The summed E-state index contributed by atoms with van der Waals surface area (Å²) in [6.45, 7) is 3.01. The van der Waals surface area contributed by atoms with E-state index in [0.29, 0.717) is 25.8 Å². The molecule has 3 nitrogen and oxygen atoms in total. The van der Waals surface area contributed by atoms with Crippen molar-refractivity contribution in [2.45, 2.75) is 19.1 Å². The van der Waals surface area contributed by atoms with Crippen LogP contribution in [-0.4, -0.2) is 32.1 Å². The predicted octanol–water partition coefficient (Wildman–Crippen LogP) is 3.10. The van der Waals surface area contributed by atoms with E-state index in [1.807, 2.05) is 0 Å². The first-order valence-corrected chi connectivity index (χ1v) is 6.16. The number of hydrogen-bond donors (Lipinski definition) is 0. The smallest absolute Gasteiger partial charge is 0.416 e. The number of nitrogens with zero attached hydrogens (tertiary/aromatic N) is 2. The molecule has 2 rings (SSSR count). The zero-order chi connectivity index (χ0) is 14.8. The monoisotopic (exact) mass is 290 g/mol. The number of anilines is 1. The lowest BCUT2D eigenvalue weighted by atomic mass is 10.1. The highest BCUT2D eigenvalue weighted by atomic mass is 19.4. The van der Waals surface area contributed by atoms with Crippen LogP contribution in [0.2, 0.25) is 0 Å². The van der Waals surface area contributed by atoms with Crippen LogP contribution in [0.15, 0.2) is 23.2 Å². The highest BCUT2D eigenvalue weighted by Crippen LogP contribution is 2.32. The average Bonchev–Trinajstić information content (AvgIpc) is 2.87. The lowest BCUT2D eigenvalue weighted by Crippen LogP contribution is -2.32. The van der Waals surface area contributed by atoms with Gasteiger partial charge in [-0.15, -0.1) is 0 Å². The molecule has 0 saturated carbocycles. The molecule has 1 heterocycles. The molecule has 0 spiro atoms. The van der Waals surface area contributed by atoms with Gasteiger partial charge in [0.15, 0.2) is 6.40 Å². The first-order valence-electron chi connectivity index (χ1n) is 6.16. The van der Waals surface area contributed by atoms with Gasteiger partial charge in [-0.25, -0.2) is 9.38 Å². The third-order valence-electron chi connectivity index (χ3n) is 3.02. The zero-order valence-electron chi connectivity index (χ0n) is 10.8. The molecular weight excluding hydrogens is 276 g/mol. The summed E-state index contributed by atoms with van der Waals surface area (Å²) < 4.78 is 56.4. The van der Waals surface area contributed by atoms with Crippen LogP contribution in [0, 0.1) is 5.82 Å². The second kappa shape index (κ2) is 5.68. The van der Waals surface area contributed by atoms with Gasteiger partial charge in [0.25, 0.3) is 0 Å². The summed E-state index contributed by atoms with van der Waals surface area (Å²) in [5.74, 6) is -0.903. The van der Waals surface area contributed by atoms with E-state index >= 15 is 0 Å². The molecule has 0 fully saturated rings. The van der Waals surface area contributed by atoms with Gasteiger partial charge in [0.2, 0.25) is 0 Å². The number of benzene rings is 1. The second-order valence-electron chi connectivity index (χ2n) is 4.48. The highest BCUT2D eigenvalue weighted by Gasteiger charge is 2.32. The summed E-state index contributed by atoms with van der Waals surface area (Å²) in [5, 5.41) is 0. The van der Waals surface area contributed by atoms with E-state index < -0.39 is 17.6 Å². The molecule has 0 radical (unpaired) electrons. The minimum atomic E-state index is -4.56. The summed E-state index contributed by atoms with van der Waals surface area (Å²) in [6.07, 6.45) is -3.24. The third-order valence-corrected chi connectivity index (χ3v) is 3.02. The van der Waals surface area contributed by atoms with Gasteiger partial charge in [-0.3, -0.25) is 0 Å². The number of ether oxygens (including phenoxy) is 1. The Morgan fingerprint density at radius 2 is 2.10 bits per heavy atom. The zero-order valence-corrected chi connectivity index (χ0v) is 10.8. The number of hydrogen-bond acceptors (Lipinski definition) is 3. The van der Waals surface area contributed by atoms with Crippen LogP contribution in [0.5, 0.6) is 0 Å². The van der Waals surface area contributed by atoms with Gasteiger partial charge in [0.05, 0.1) is 5.56 Å². The van der Waals surface area contributed by atoms with Crippen LogP contribution in [0.1, 0.15) is 12.5 Å². The quantitative estimate of drug-likeness (QED) is 0.796. The Morgan fingerprint density at radius 1 is 1.35 bits per heavy atom. The van der Waals surface area contributed by atoms with Crippen molar-refractivity contribution in [3.63, 3.8) is 0 Å². The number of alkyl halides is 3. The van der Waals surface area contributed by atoms with Crippen LogP contribution in [-0.2, 0) is 10.9 Å². The molecule has 0 unspecified atom stereocenters. The minimum absolute atomic E-state index is 0.146. The van der Waals surface area contributed by atoms with Gasteiger partial charge >= 0.3 is 6.18 Å². The van der Waals surface area contributed by atoms with E-state index in [1.165, 1.54) is 6.40 Å². The SMILES string of the molecule is CCN(C[C@@H]1COC=N1)c1cc(F)cc(C(F)(F)F)c1. The first-order chi connectivity index (χ1) is 9.40. The van der Waals surface area contributed by atoms with Crippen LogP contribution < -0.4 is 4.90 Å².